The molecule has 0 saturated carbocycles. The molecule has 0 saturated heterocycles. The summed E-state index contributed by atoms with van der Waals surface area (Å²) in [6, 6.07) is 11.7. The van der Waals surface area contributed by atoms with Crippen molar-refractivity contribution in [3.8, 4) is 0 Å². The molecule has 0 fully saturated rings. The second-order valence-electron chi connectivity index (χ2n) is 4.71. The molecule has 5 nitrogen and oxygen atoms in total. The Hall–Kier alpha value is -1.79. The number of aromatic nitrogens is 2. The summed E-state index contributed by atoms with van der Waals surface area (Å²) < 4.78 is 2.60. The third-order valence-electron chi connectivity index (χ3n) is 3.22. The van der Waals surface area contributed by atoms with Gasteiger partial charge in [-0.3, -0.25) is 13.9 Å². The fourth-order valence-corrected chi connectivity index (χ4v) is 2.75. The van der Waals surface area contributed by atoms with Gasteiger partial charge in [0.2, 0.25) is 0 Å². The van der Waals surface area contributed by atoms with Crippen LogP contribution < -0.4 is 16.6 Å². The zero-order valence-corrected chi connectivity index (χ0v) is 13.0. The molecule has 6 heteroatoms. The van der Waals surface area contributed by atoms with E-state index in [-0.39, 0.29) is 11.2 Å². The van der Waals surface area contributed by atoms with Gasteiger partial charge >= 0.3 is 5.69 Å². The van der Waals surface area contributed by atoms with E-state index in [9.17, 15) is 9.59 Å². The van der Waals surface area contributed by atoms with Crippen LogP contribution in [0.2, 0.25) is 0 Å². The highest BCUT2D eigenvalue weighted by Crippen LogP contribution is 2.15. The molecule has 2 rings (SSSR count). The first-order chi connectivity index (χ1) is 10.1. The van der Waals surface area contributed by atoms with Gasteiger partial charge < -0.3 is 5.32 Å². The maximum absolute atomic E-state index is 11.8. The van der Waals surface area contributed by atoms with Crippen molar-refractivity contribution >= 4 is 11.8 Å². The smallest absolute Gasteiger partial charge is 0.310 e. The molecule has 0 aliphatic carbocycles. The van der Waals surface area contributed by atoms with Gasteiger partial charge in [0.1, 0.15) is 0 Å². The summed E-state index contributed by atoms with van der Waals surface area (Å²) in [4.78, 5) is 24.6. The van der Waals surface area contributed by atoms with Crippen LogP contribution >= 0.6 is 11.8 Å². The fourth-order valence-electron chi connectivity index (χ4n) is 1.92. The van der Waals surface area contributed by atoms with E-state index >= 15 is 0 Å². The van der Waals surface area contributed by atoms with Crippen molar-refractivity contribution in [3.63, 3.8) is 0 Å². The van der Waals surface area contributed by atoms with Crippen molar-refractivity contribution in [2.75, 3.05) is 12.3 Å². The second kappa shape index (κ2) is 7.28. The maximum atomic E-state index is 11.8. The monoisotopic (exact) mass is 305 g/mol. The van der Waals surface area contributed by atoms with E-state index in [4.69, 9.17) is 0 Å². The highest BCUT2D eigenvalue weighted by molar-refractivity contribution is 7.99. The zero-order valence-electron chi connectivity index (χ0n) is 12.2. The van der Waals surface area contributed by atoms with Crippen molar-refractivity contribution in [3.05, 3.63) is 62.9 Å². The lowest BCUT2D eigenvalue weighted by Gasteiger charge is -2.10. The molecule has 0 aliphatic rings. The van der Waals surface area contributed by atoms with Crippen molar-refractivity contribution in [1.82, 2.24) is 14.5 Å². The third-order valence-corrected chi connectivity index (χ3v) is 4.24. The van der Waals surface area contributed by atoms with Crippen LogP contribution in [-0.2, 0) is 20.6 Å². The molecular formula is C15H19N3O2S. The molecule has 0 aliphatic heterocycles. The molecular weight excluding hydrogens is 286 g/mol. The van der Waals surface area contributed by atoms with Gasteiger partial charge in [-0.2, -0.15) is 0 Å². The standard InChI is InChI=1S/C15H19N3O2S/c1-17-12(10-14(19)18(2)15(17)20)11-16-8-9-21-13-6-4-3-5-7-13/h3-7,10,16H,8-9,11H2,1-2H3. The van der Waals surface area contributed by atoms with Crippen molar-refractivity contribution in [2.24, 2.45) is 14.1 Å². The van der Waals surface area contributed by atoms with Crippen LogP contribution in [0.1, 0.15) is 5.69 Å². The molecule has 0 bridgehead atoms. The number of hydrogen-bond acceptors (Lipinski definition) is 4. The number of thioether (sulfide) groups is 1. The minimum absolute atomic E-state index is 0.270. The van der Waals surface area contributed by atoms with E-state index in [0.29, 0.717) is 12.2 Å². The Kier molecular flexibility index (Phi) is 5.41. The van der Waals surface area contributed by atoms with Crippen LogP contribution in [0.15, 0.2) is 50.9 Å². The van der Waals surface area contributed by atoms with Gasteiger partial charge in [0.05, 0.1) is 0 Å². The predicted octanol–water partition coefficient (Wildman–Crippen LogP) is 0.966. The Balaban J connectivity index is 1.84. The number of rotatable bonds is 6. The lowest BCUT2D eigenvalue weighted by molar-refractivity contribution is 0.613. The molecule has 2 aromatic rings. The van der Waals surface area contributed by atoms with E-state index in [0.717, 1.165) is 16.9 Å². The normalized spacial score (nSPS) is 10.8. The molecule has 0 atom stereocenters. The Bertz CT molecular complexity index is 707. The molecule has 1 heterocycles. The zero-order chi connectivity index (χ0) is 15.2. The molecule has 21 heavy (non-hydrogen) atoms. The largest absolute Gasteiger partial charge is 0.330 e. The van der Waals surface area contributed by atoms with Crippen LogP contribution in [0.3, 0.4) is 0 Å². The van der Waals surface area contributed by atoms with Gasteiger partial charge in [-0.15, -0.1) is 11.8 Å². The van der Waals surface area contributed by atoms with E-state index in [1.54, 1.807) is 18.8 Å². The number of benzene rings is 1. The summed E-state index contributed by atoms with van der Waals surface area (Å²) in [6.07, 6.45) is 0. The summed E-state index contributed by atoms with van der Waals surface area (Å²) in [5.74, 6) is 0.933. The van der Waals surface area contributed by atoms with Gasteiger partial charge in [0.25, 0.3) is 5.56 Å². The Morgan fingerprint density at radius 2 is 1.81 bits per heavy atom. The summed E-state index contributed by atoms with van der Waals surface area (Å²) >= 11 is 1.77. The molecule has 0 amide bonds. The van der Waals surface area contributed by atoms with Crippen LogP contribution in [0.25, 0.3) is 0 Å². The average molecular weight is 305 g/mol. The van der Waals surface area contributed by atoms with Gasteiger partial charge in [0, 0.05) is 49.6 Å². The summed E-state index contributed by atoms with van der Waals surface area (Å²) in [5.41, 5.74) is 0.138. The molecule has 0 unspecified atom stereocenters. The minimum atomic E-state index is -0.294. The predicted molar refractivity (Wildman–Crippen MR) is 85.8 cm³/mol. The van der Waals surface area contributed by atoms with E-state index in [1.807, 2.05) is 18.2 Å². The topological polar surface area (TPSA) is 56.0 Å². The summed E-state index contributed by atoms with van der Waals surface area (Å²) in [5, 5.41) is 3.26. The fraction of sp³-hybridized carbons (Fsp3) is 0.333. The number of hydrogen-bond donors (Lipinski definition) is 1. The van der Waals surface area contributed by atoms with Crippen LogP contribution in [0.4, 0.5) is 0 Å². The van der Waals surface area contributed by atoms with Gasteiger partial charge in [-0.05, 0) is 12.1 Å². The lowest BCUT2D eigenvalue weighted by atomic mass is 10.4. The first kappa shape index (κ1) is 15.6. The second-order valence-corrected chi connectivity index (χ2v) is 5.88. The van der Waals surface area contributed by atoms with Gasteiger partial charge in [-0.25, -0.2) is 4.79 Å². The first-order valence-corrected chi connectivity index (χ1v) is 7.72. The molecule has 0 spiro atoms. The molecule has 1 N–H and O–H groups in total. The number of nitrogens with one attached hydrogen (secondary N) is 1. The van der Waals surface area contributed by atoms with Crippen molar-refractivity contribution in [1.29, 1.82) is 0 Å². The molecule has 1 aromatic heterocycles. The van der Waals surface area contributed by atoms with Gasteiger partial charge in [-0.1, -0.05) is 18.2 Å². The summed E-state index contributed by atoms with van der Waals surface area (Å²) in [7, 11) is 3.16. The van der Waals surface area contributed by atoms with E-state index in [1.165, 1.54) is 22.6 Å². The SMILES string of the molecule is Cn1c(CNCCSc2ccccc2)cc(=O)n(C)c1=O. The Morgan fingerprint density at radius 3 is 2.52 bits per heavy atom. The summed E-state index contributed by atoms with van der Waals surface area (Å²) in [6.45, 7) is 1.32. The maximum Gasteiger partial charge on any atom is 0.330 e. The van der Waals surface area contributed by atoms with E-state index in [2.05, 4.69) is 17.4 Å². The minimum Gasteiger partial charge on any atom is -0.310 e. The van der Waals surface area contributed by atoms with E-state index < -0.39 is 0 Å². The molecule has 1 aromatic carbocycles. The van der Waals surface area contributed by atoms with Crippen LogP contribution in [0, 0.1) is 0 Å². The lowest BCUT2D eigenvalue weighted by Crippen LogP contribution is -2.39. The first-order valence-electron chi connectivity index (χ1n) is 6.74. The quantitative estimate of drug-likeness (QED) is 0.638. The van der Waals surface area contributed by atoms with Crippen LogP contribution in [-0.4, -0.2) is 21.4 Å². The van der Waals surface area contributed by atoms with Crippen molar-refractivity contribution in [2.45, 2.75) is 11.4 Å². The third kappa shape index (κ3) is 4.09. The number of nitrogens with zero attached hydrogens (tertiary/aromatic N) is 2. The average Bonchev–Trinajstić information content (AvgIpc) is 2.50. The highest BCUT2D eigenvalue weighted by atomic mass is 32.2. The van der Waals surface area contributed by atoms with Crippen molar-refractivity contribution < 1.29 is 0 Å². The highest BCUT2D eigenvalue weighted by Gasteiger charge is 2.05. The molecule has 112 valence electrons. The Labute approximate surface area is 127 Å². The van der Waals surface area contributed by atoms with Gasteiger partial charge in [0.15, 0.2) is 0 Å². The van der Waals surface area contributed by atoms with Crippen LogP contribution in [0.5, 0.6) is 0 Å². The Morgan fingerprint density at radius 1 is 1.10 bits per heavy atom. The molecule has 0 radical (unpaired) electrons.